The van der Waals surface area contributed by atoms with E-state index in [2.05, 4.69) is 10.2 Å². The number of nitrogens with two attached hydrogens (primary N) is 1. The lowest BCUT2D eigenvalue weighted by Crippen LogP contribution is -2.54. The summed E-state index contributed by atoms with van der Waals surface area (Å²) in [5.74, 6) is -0.292. The minimum Gasteiger partial charge on any atom is -0.393 e. The number of urea groups is 1. The van der Waals surface area contributed by atoms with E-state index in [4.69, 9.17) is 18.0 Å². The van der Waals surface area contributed by atoms with Crippen molar-refractivity contribution in [3.63, 3.8) is 0 Å². The SMILES string of the molecule is CC(CN1C(=O)NC2(CCN(C)CC2)C1=O)C(N)=S. The highest BCUT2D eigenvalue weighted by Gasteiger charge is 2.52. The molecule has 0 aromatic carbocycles. The second-order valence-electron chi connectivity index (χ2n) is 5.53. The number of amides is 3. The van der Waals surface area contributed by atoms with Crippen LogP contribution in [0.15, 0.2) is 0 Å². The molecule has 3 amide bonds. The Morgan fingerprint density at radius 3 is 2.58 bits per heavy atom. The summed E-state index contributed by atoms with van der Waals surface area (Å²) in [6, 6.07) is -0.322. The van der Waals surface area contributed by atoms with E-state index in [0.29, 0.717) is 17.8 Å². The Kier molecular flexibility index (Phi) is 3.78. The Morgan fingerprint density at radius 1 is 1.47 bits per heavy atom. The lowest BCUT2D eigenvalue weighted by atomic mass is 9.87. The van der Waals surface area contributed by atoms with Gasteiger partial charge in [-0.3, -0.25) is 9.69 Å². The van der Waals surface area contributed by atoms with Crippen LogP contribution in [0.25, 0.3) is 0 Å². The van der Waals surface area contributed by atoms with Gasteiger partial charge in [0, 0.05) is 25.6 Å². The molecule has 0 radical (unpaired) electrons. The molecule has 2 fully saturated rings. The summed E-state index contributed by atoms with van der Waals surface area (Å²) in [5, 5.41) is 2.86. The Labute approximate surface area is 118 Å². The van der Waals surface area contributed by atoms with Crippen LogP contribution in [0.5, 0.6) is 0 Å². The molecule has 7 heteroatoms. The van der Waals surface area contributed by atoms with Gasteiger partial charge in [-0.15, -0.1) is 0 Å². The van der Waals surface area contributed by atoms with Crippen molar-refractivity contribution in [1.29, 1.82) is 0 Å². The number of thiocarbonyl (C=S) groups is 1. The molecule has 1 atom stereocenters. The zero-order chi connectivity index (χ0) is 14.2. The molecular formula is C12H20N4O2S. The molecule has 2 saturated heterocycles. The molecule has 2 aliphatic rings. The molecule has 1 unspecified atom stereocenters. The topological polar surface area (TPSA) is 78.7 Å². The summed E-state index contributed by atoms with van der Waals surface area (Å²) >= 11 is 4.89. The Bertz CT molecular complexity index is 418. The zero-order valence-electron chi connectivity index (χ0n) is 11.3. The molecule has 2 aliphatic heterocycles. The number of carbonyl (C=O) groups is 2. The number of nitrogens with zero attached hydrogens (tertiary/aromatic N) is 2. The van der Waals surface area contributed by atoms with Gasteiger partial charge in [0.05, 0.1) is 4.99 Å². The van der Waals surface area contributed by atoms with E-state index in [1.807, 2.05) is 14.0 Å². The summed E-state index contributed by atoms with van der Waals surface area (Å²) in [5.41, 5.74) is 4.84. The zero-order valence-corrected chi connectivity index (χ0v) is 12.1. The highest BCUT2D eigenvalue weighted by molar-refractivity contribution is 7.80. The van der Waals surface area contributed by atoms with Crippen LogP contribution < -0.4 is 11.1 Å². The minimum absolute atomic E-state index is 0.131. The first kappa shape index (κ1) is 14.2. The molecule has 0 bridgehead atoms. The summed E-state index contributed by atoms with van der Waals surface area (Å²) in [7, 11) is 2.01. The first-order valence-corrected chi connectivity index (χ1v) is 6.88. The molecule has 1 spiro atoms. The number of carbonyl (C=O) groups excluding carboxylic acids is 2. The fraction of sp³-hybridized carbons (Fsp3) is 0.750. The quantitative estimate of drug-likeness (QED) is 0.560. The maximum atomic E-state index is 12.5. The van der Waals surface area contributed by atoms with Crippen molar-refractivity contribution in [2.75, 3.05) is 26.7 Å². The van der Waals surface area contributed by atoms with Crippen molar-refractivity contribution in [1.82, 2.24) is 15.1 Å². The number of nitrogens with one attached hydrogen (secondary N) is 1. The van der Waals surface area contributed by atoms with E-state index in [0.717, 1.165) is 13.1 Å². The summed E-state index contributed by atoms with van der Waals surface area (Å²) < 4.78 is 0. The molecule has 0 aromatic rings. The monoisotopic (exact) mass is 284 g/mol. The molecule has 6 nitrogen and oxygen atoms in total. The number of imide groups is 1. The predicted octanol–water partition coefficient (Wildman–Crippen LogP) is -0.0752. The molecule has 2 heterocycles. The van der Waals surface area contributed by atoms with E-state index in [9.17, 15) is 9.59 Å². The lowest BCUT2D eigenvalue weighted by Gasteiger charge is -2.35. The van der Waals surface area contributed by atoms with E-state index in [-0.39, 0.29) is 24.4 Å². The molecule has 19 heavy (non-hydrogen) atoms. The van der Waals surface area contributed by atoms with E-state index in [1.165, 1.54) is 4.90 Å². The van der Waals surface area contributed by atoms with Crippen molar-refractivity contribution >= 4 is 29.1 Å². The van der Waals surface area contributed by atoms with Crippen molar-refractivity contribution in [3.05, 3.63) is 0 Å². The molecule has 0 aromatic heterocycles. The third kappa shape index (κ3) is 2.57. The third-order valence-corrected chi connectivity index (χ3v) is 4.43. The van der Waals surface area contributed by atoms with Gasteiger partial charge in [0.1, 0.15) is 5.54 Å². The van der Waals surface area contributed by atoms with Gasteiger partial charge in [-0.05, 0) is 19.9 Å². The van der Waals surface area contributed by atoms with Gasteiger partial charge in [-0.25, -0.2) is 4.79 Å². The standard InChI is InChI=1S/C12H20N4O2S/c1-8(9(13)19)7-16-10(17)12(14-11(16)18)3-5-15(2)6-4-12/h8H,3-7H2,1-2H3,(H2,13,19)(H,14,18). The summed E-state index contributed by atoms with van der Waals surface area (Å²) in [6.45, 7) is 3.70. The van der Waals surface area contributed by atoms with Crippen molar-refractivity contribution in [2.45, 2.75) is 25.3 Å². The minimum atomic E-state index is -0.709. The molecule has 0 aliphatic carbocycles. The highest BCUT2D eigenvalue weighted by atomic mass is 32.1. The smallest absolute Gasteiger partial charge is 0.325 e. The Balaban J connectivity index is 2.10. The van der Waals surface area contributed by atoms with Crippen molar-refractivity contribution in [2.24, 2.45) is 11.7 Å². The van der Waals surface area contributed by atoms with Crippen LogP contribution in [-0.2, 0) is 4.79 Å². The summed E-state index contributed by atoms with van der Waals surface area (Å²) in [6.07, 6.45) is 1.32. The van der Waals surface area contributed by atoms with Gasteiger partial charge in [0.25, 0.3) is 5.91 Å². The fourth-order valence-electron chi connectivity index (χ4n) is 2.54. The maximum absolute atomic E-state index is 12.5. The third-order valence-electron chi connectivity index (χ3n) is 4.03. The molecule has 3 N–H and O–H groups in total. The largest absolute Gasteiger partial charge is 0.393 e. The number of hydrogen-bond acceptors (Lipinski definition) is 4. The van der Waals surface area contributed by atoms with Crippen LogP contribution >= 0.6 is 12.2 Å². The molecule has 2 rings (SSSR count). The second kappa shape index (κ2) is 5.05. The van der Waals surface area contributed by atoms with Crippen molar-refractivity contribution in [3.8, 4) is 0 Å². The normalized spacial score (nSPS) is 24.6. The fourth-order valence-corrected chi connectivity index (χ4v) is 2.62. The van der Waals surface area contributed by atoms with Gasteiger partial charge in [0.15, 0.2) is 0 Å². The molecular weight excluding hydrogens is 264 g/mol. The Hall–Kier alpha value is -1.21. The van der Waals surface area contributed by atoms with Gasteiger partial charge < -0.3 is 16.0 Å². The van der Waals surface area contributed by atoms with Gasteiger partial charge in [-0.2, -0.15) is 0 Å². The van der Waals surface area contributed by atoms with Crippen LogP contribution in [0.4, 0.5) is 4.79 Å². The van der Waals surface area contributed by atoms with Crippen LogP contribution in [-0.4, -0.2) is 58.9 Å². The summed E-state index contributed by atoms with van der Waals surface area (Å²) in [4.78, 5) is 28.2. The van der Waals surface area contributed by atoms with Crippen LogP contribution in [0, 0.1) is 5.92 Å². The average Bonchev–Trinajstić information content (AvgIpc) is 2.58. The average molecular weight is 284 g/mol. The lowest BCUT2D eigenvalue weighted by molar-refractivity contribution is -0.133. The van der Waals surface area contributed by atoms with E-state index >= 15 is 0 Å². The van der Waals surface area contributed by atoms with E-state index < -0.39 is 5.54 Å². The van der Waals surface area contributed by atoms with E-state index in [1.54, 1.807) is 0 Å². The second-order valence-corrected chi connectivity index (χ2v) is 6.01. The number of likely N-dealkylation sites (tertiary alicyclic amines) is 1. The van der Waals surface area contributed by atoms with Crippen LogP contribution in [0.2, 0.25) is 0 Å². The van der Waals surface area contributed by atoms with Crippen molar-refractivity contribution < 1.29 is 9.59 Å². The van der Waals surface area contributed by atoms with Gasteiger partial charge in [-0.1, -0.05) is 19.1 Å². The van der Waals surface area contributed by atoms with Gasteiger partial charge >= 0.3 is 6.03 Å². The number of rotatable bonds is 3. The Morgan fingerprint density at radius 2 is 2.05 bits per heavy atom. The first-order chi connectivity index (χ1) is 8.85. The van der Waals surface area contributed by atoms with Crippen LogP contribution in [0.1, 0.15) is 19.8 Å². The highest BCUT2D eigenvalue weighted by Crippen LogP contribution is 2.29. The molecule has 106 valence electrons. The first-order valence-electron chi connectivity index (χ1n) is 6.48. The number of piperidine rings is 1. The van der Waals surface area contributed by atoms with Gasteiger partial charge in [0.2, 0.25) is 0 Å². The predicted molar refractivity (Wildman–Crippen MR) is 75.7 cm³/mol. The number of hydrogen-bond donors (Lipinski definition) is 2. The maximum Gasteiger partial charge on any atom is 0.325 e. The van der Waals surface area contributed by atoms with Crippen LogP contribution in [0.3, 0.4) is 0 Å². The molecule has 0 saturated carbocycles.